The number of anilines is 1. The zero-order chi connectivity index (χ0) is 13.8. The molecule has 0 spiro atoms. The molecule has 0 amide bonds. The van der Waals surface area contributed by atoms with Crippen molar-refractivity contribution in [3.63, 3.8) is 0 Å². The summed E-state index contributed by atoms with van der Waals surface area (Å²) in [5.74, 6) is -0.594. The lowest BCUT2D eigenvalue weighted by Crippen LogP contribution is -1.94. The molecule has 3 nitrogen and oxygen atoms in total. The topological polar surface area (TPSA) is 52.0 Å². The molecule has 0 saturated carbocycles. The Morgan fingerprint density at radius 3 is 2.74 bits per heavy atom. The van der Waals surface area contributed by atoms with Gasteiger partial charge in [-0.25, -0.2) is 8.78 Å². The van der Waals surface area contributed by atoms with Crippen LogP contribution in [0.5, 0.6) is 0 Å². The van der Waals surface area contributed by atoms with Crippen LogP contribution in [0, 0.1) is 11.6 Å². The van der Waals surface area contributed by atoms with Gasteiger partial charge in [-0.15, -0.1) is 0 Å². The summed E-state index contributed by atoms with van der Waals surface area (Å²) in [7, 11) is 0. The van der Waals surface area contributed by atoms with Gasteiger partial charge in [0.25, 0.3) is 0 Å². The van der Waals surface area contributed by atoms with Crippen LogP contribution in [0.25, 0.3) is 11.1 Å². The van der Waals surface area contributed by atoms with Gasteiger partial charge in [0.05, 0.1) is 5.56 Å². The van der Waals surface area contributed by atoms with E-state index in [4.69, 9.17) is 10.3 Å². The van der Waals surface area contributed by atoms with Gasteiger partial charge in [-0.1, -0.05) is 24.9 Å². The molecule has 2 rings (SSSR count). The number of nitrogen functional groups attached to an aromatic ring is 1. The molecule has 2 N–H and O–H groups in total. The van der Waals surface area contributed by atoms with Gasteiger partial charge in [0, 0.05) is 18.1 Å². The molecule has 0 aliphatic carbocycles. The molecule has 2 aromatic rings. The van der Waals surface area contributed by atoms with Crippen LogP contribution in [0.1, 0.15) is 31.9 Å². The SMILES string of the molecule is CCCCCc1onc(N)c1-c1ccc(F)cc1F. The van der Waals surface area contributed by atoms with Crippen molar-refractivity contribution in [1.82, 2.24) is 5.16 Å². The minimum Gasteiger partial charge on any atom is -0.380 e. The summed E-state index contributed by atoms with van der Waals surface area (Å²) in [6.45, 7) is 2.09. The first-order chi connectivity index (χ1) is 9.13. The fourth-order valence-electron chi connectivity index (χ4n) is 2.03. The predicted octanol–water partition coefficient (Wildman–Crippen LogP) is 3.93. The van der Waals surface area contributed by atoms with Gasteiger partial charge in [-0.05, 0) is 18.6 Å². The van der Waals surface area contributed by atoms with E-state index in [1.54, 1.807) is 0 Å². The summed E-state index contributed by atoms with van der Waals surface area (Å²) < 4.78 is 31.9. The molecule has 0 radical (unpaired) electrons. The molecule has 0 unspecified atom stereocenters. The van der Waals surface area contributed by atoms with Crippen molar-refractivity contribution in [2.24, 2.45) is 0 Å². The zero-order valence-corrected chi connectivity index (χ0v) is 10.7. The highest BCUT2D eigenvalue weighted by molar-refractivity contribution is 5.75. The highest BCUT2D eigenvalue weighted by Gasteiger charge is 2.18. The van der Waals surface area contributed by atoms with E-state index in [1.807, 2.05) is 0 Å². The largest absolute Gasteiger partial charge is 0.380 e. The predicted molar refractivity (Wildman–Crippen MR) is 69.5 cm³/mol. The summed E-state index contributed by atoms with van der Waals surface area (Å²) in [5.41, 5.74) is 6.39. The quantitative estimate of drug-likeness (QED) is 0.834. The number of benzene rings is 1. The number of unbranched alkanes of at least 4 members (excludes halogenated alkanes) is 2. The standard InChI is InChI=1S/C14H16F2N2O/c1-2-3-4-5-12-13(14(17)18-19-12)10-7-6-9(15)8-11(10)16/h6-8H,2-5H2,1H3,(H2,17,18). The molecular weight excluding hydrogens is 250 g/mol. The van der Waals surface area contributed by atoms with Crippen molar-refractivity contribution >= 4 is 5.82 Å². The van der Waals surface area contributed by atoms with Gasteiger partial charge in [-0.2, -0.15) is 0 Å². The van der Waals surface area contributed by atoms with Gasteiger partial charge in [0.15, 0.2) is 5.82 Å². The first-order valence-electron chi connectivity index (χ1n) is 6.33. The molecular formula is C14H16F2N2O. The summed E-state index contributed by atoms with van der Waals surface area (Å²) >= 11 is 0. The van der Waals surface area contributed by atoms with Crippen molar-refractivity contribution in [1.29, 1.82) is 0 Å². The fourth-order valence-corrected chi connectivity index (χ4v) is 2.03. The van der Waals surface area contributed by atoms with Crippen LogP contribution in [0.3, 0.4) is 0 Å². The van der Waals surface area contributed by atoms with Crippen molar-refractivity contribution in [2.75, 3.05) is 5.73 Å². The number of rotatable bonds is 5. The molecule has 1 aromatic carbocycles. The van der Waals surface area contributed by atoms with Gasteiger partial charge in [-0.3, -0.25) is 0 Å². The molecule has 0 aliphatic rings. The monoisotopic (exact) mass is 266 g/mol. The van der Waals surface area contributed by atoms with Crippen molar-refractivity contribution in [2.45, 2.75) is 32.6 Å². The fraction of sp³-hybridized carbons (Fsp3) is 0.357. The zero-order valence-electron chi connectivity index (χ0n) is 10.7. The first-order valence-corrected chi connectivity index (χ1v) is 6.33. The van der Waals surface area contributed by atoms with Gasteiger partial charge in [0.1, 0.15) is 17.4 Å². The minimum atomic E-state index is -0.661. The van der Waals surface area contributed by atoms with E-state index >= 15 is 0 Å². The molecule has 0 aliphatic heterocycles. The van der Waals surface area contributed by atoms with Crippen LogP contribution in [0.4, 0.5) is 14.6 Å². The van der Waals surface area contributed by atoms with E-state index < -0.39 is 11.6 Å². The van der Waals surface area contributed by atoms with E-state index in [0.717, 1.165) is 25.3 Å². The Morgan fingerprint density at radius 2 is 2.05 bits per heavy atom. The lowest BCUT2D eigenvalue weighted by Gasteiger charge is -2.04. The second-order valence-corrected chi connectivity index (χ2v) is 4.45. The molecule has 0 bridgehead atoms. The molecule has 5 heteroatoms. The Labute approximate surface area is 110 Å². The lowest BCUT2D eigenvalue weighted by atomic mass is 10.0. The molecule has 102 valence electrons. The van der Waals surface area contributed by atoms with Crippen molar-refractivity contribution in [3.05, 3.63) is 35.6 Å². The van der Waals surface area contributed by atoms with E-state index in [-0.39, 0.29) is 11.4 Å². The highest BCUT2D eigenvalue weighted by atomic mass is 19.1. The second kappa shape index (κ2) is 5.82. The summed E-state index contributed by atoms with van der Waals surface area (Å²) in [5, 5.41) is 3.68. The summed E-state index contributed by atoms with van der Waals surface area (Å²) in [6, 6.07) is 3.38. The highest BCUT2D eigenvalue weighted by Crippen LogP contribution is 2.32. The average Bonchev–Trinajstić information content (AvgIpc) is 2.72. The van der Waals surface area contributed by atoms with E-state index in [9.17, 15) is 8.78 Å². The van der Waals surface area contributed by atoms with Crippen LogP contribution < -0.4 is 5.73 Å². The normalized spacial score (nSPS) is 10.9. The molecule has 0 saturated heterocycles. The van der Waals surface area contributed by atoms with Crippen LogP contribution in [0.2, 0.25) is 0 Å². The summed E-state index contributed by atoms with van der Waals surface area (Å²) in [4.78, 5) is 0. The Bertz CT molecular complexity index is 567. The Balaban J connectivity index is 2.35. The van der Waals surface area contributed by atoms with Crippen LogP contribution in [0.15, 0.2) is 22.7 Å². The lowest BCUT2D eigenvalue weighted by molar-refractivity contribution is 0.382. The van der Waals surface area contributed by atoms with Gasteiger partial charge >= 0.3 is 0 Å². The number of aromatic nitrogens is 1. The molecule has 1 aromatic heterocycles. The minimum absolute atomic E-state index is 0.136. The molecule has 1 heterocycles. The third-order valence-corrected chi connectivity index (χ3v) is 3.00. The van der Waals surface area contributed by atoms with Crippen LogP contribution in [-0.2, 0) is 6.42 Å². The van der Waals surface area contributed by atoms with E-state index in [0.29, 0.717) is 17.7 Å². The maximum Gasteiger partial charge on any atom is 0.175 e. The second-order valence-electron chi connectivity index (χ2n) is 4.45. The molecule has 0 atom stereocenters. The van der Waals surface area contributed by atoms with Crippen LogP contribution in [-0.4, -0.2) is 5.16 Å². The Hall–Kier alpha value is -1.91. The van der Waals surface area contributed by atoms with Gasteiger partial charge < -0.3 is 10.3 Å². The smallest absolute Gasteiger partial charge is 0.175 e. The first kappa shape index (κ1) is 13.5. The molecule has 19 heavy (non-hydrogen) atoms. The summed E-state index contributed by atoms with van der Waals surface area (Å²) in [6.07, 6.45) is 3.68. The van der Waals surface area contributed by atoms with Crippen molar-refractivity contribution < 1.29 is 13.3 Å². The average molecular weight is 266 g/mol. The Kier molecular flexibility index (Phi) is 4.14. The maximum absolute atomic E-state index is 13.8. The molecule has 0 fully saturated rings. The number of nitrogens with zero attached hydrogens (tertiary/aromatic N) is 1. The number of nitrogens with two attached hydrogens (primary N) is 1. The van der Waals surface area contributed by atoms with Gasteiger partial charge in [0.2, 0.25) is 0 Å². The van der Waals surface area contributed by atoms with Crippen molar-refractivity contribution in [3.8, 4) is 11.1 Å². The number of aryl methyl sites for hydroxylation is 1. The third-order valence-electron chi connectivity index (χ3n) is 3.00. The number of halogens is 2. The Morgan fingerprint density at radius 1 is 1.26 bits per heavy atom. The van der Waals surface area contributed by atoms with E-state index in [1.165, 1.54) is 12.1 Å². The number of hydrogen-bond donors (Lipinski definition) is 1. The van der Waals surface area contributed by atoms with E-state index in [2.05, 4.69) is 12.1 Å². The third kappa shape index (κ3) is 2.92. The maximum atomic E-state index is 13.8. The number of hydrogen-bond acceptors (Lipinski definition) is 3. The van der Waals surface area contributed by atoms with Crippen LogP contribution >= 0.6 is 0 Å².